The first-order chi connectivity index (χ1) is 11.4. The summed E-state index contributed by atoms with van der Waals surface area (Å²) in [5.74, 6) is -0.428. The summed E-state index contributed by atoms with van der Waals surface area (Å²) in [5, 5.41) is 30.3. The Morgan fingerprint density at radius 2 is 1.92 bits per heavy atom. The van der Waals surface area contributed by atoms with Crippen molar-refractivity contribution in [2.75, 3.05) is 0 Å². The monoisotopic (exact) mass is 322 g/mol. The van der Waals surface area contributed by atoms with Crippen molar-refractivity contribution in [1.82, 2.24) is 9.55 Å². The van der Waals surface area contributed by atoms with Crippen LogP contribution in [0.2, 0.25) is 0 Å². The van der Waals surface area contributed by atoms with E-state index in [1.807, 2.05) is 0 Å². The summed E-state index contributed by atoms with van der Waals surface area (Å²) in [6.45, 7) is 1.72. The van der Waals surface area contributed by atoms with Gasteiger partial charge in [-0.3, -0.25) is 19.5 Å². The number of aromatic hydroxyl groups is 1. The number of nitro benzene ring substituents is 1. The van der Waals surface area contributed by atoms with Gasteiger partial charge in [0.25, 0.3) is 11.2 Å². The van der Waals surface area contributed by atoms with Crippen molar-refractivity contribution in [3.63, 3.8) is 0 Å². The molecule has 0 aliphatic heterocycles. The van der Waals surface area contributed by atoms with Crippen LogP contribution in [-0.2, 0) is 0 Å². The lowest BCUT2D eigenvalue weighted by molar-refractivity contribution is -0.384. The van der Waals surface area contributed by atoms with E-state index in [0.717, 1.165) is 4.57 Å². The summed E-state index contributed by atoms with van der Waals surface area (Å²) in [6.07, 6.45) is 0. The molecular weight excluding hydrogens is 312 g/mol. The molecule has 3 rings (SSSR count). The lowest BCUT2D eigenvalue weighted by Gasteiger charge is -2.12. The number of nitriles is 1. The molecule has 0 saturated carbocycles. The molecule has 0 fully saturated rings. The van der Waals surface area contributed by atoms with E-state index in [-0.39, 0.29) is 16.7 Å². The highest BCUT2D eigenvalue weighted by molar-refractivity contribution is 5.85. The maximum absolute atomic E-state index is 12.6. The molecule has 8 nitrogen and oxygen atoms in total. The fourth-order valence-electron chi connectivity index (χ4n) is 2.41. The van der Waals surface area contributed by atoms with E-state index in [1.165, 1.54) is 24.3 Å². The van der Waals surface area contributed by atoms with Gasteiger partial charge < -0.3 is 5.11 Å². The zero-order chi connectivity index (χ0) is 17.4. The summed E-state index contributed by atoms with van der Waals surface area (Å²) in [4.78, 5) is 27.1. The van der Waals surface area contributed by atoms with Crippen LogP contribution in [0.25, 0.3) is 16.7 Å². The highest BCUT2D eigenvalue weighted by Gasteiger charge is 2.18. The smallest absolute Gasteiger partial charge is 0.278 e. The Labute approximate surface area is 135 Å². The minimum absolute atomic E-state index is 0.125. The molecular formula is C16H10N4O4. The van der Waals surface area contributed by atoms with Crippen LogP contribution < -0.4 is 5.56 Å². The lowest BCUT2D eigenvalue weighted by Crippen LogP contribution is -2.22. The number of aryl methyl sites for hydroxylation is 1. The second-order valence-electron chi connectivity index (χ2n) is 5.07. The molecule has 0 atom stereocenters. The van der Waals surface area contributed by atoms with Crippen LogP contribution in [0.4, 0.5) is 5.69 Å². The molecule has 1 aromatic carbocycles. The fourth-order valence-corrected chi connectivity index (χ4v) is 2.41. The Balaban J connectivity index is 2.42. The minimum Gasteiger partial charge on any atom is -0.506 e. The maximum atomic E-state index is 12.6. The highest BCUT2D eigenvalue weighted by Crippen LogP contribution is 2.27. The largest absolute Gasteiger partial charge is 0.506 e. The van der Waals surface area contributed by atoms with Crippen molar-refractivity contribution >= 4 is 16.7 Å². The molecule has 2 aromatic heterocycles. The summed E-state index contributed by atoms with van der Waals surface area (Å²) < 4.78 is 1.16. The van der Waals surface area contributed by atoms with Crippen molar-refractivity contribution < 1.29 is 10.0 Å². The summed E-state index contributed by atoms with van der Waals surface area (Å²) >= 11 is 0. The van der Waals surface area contributed by atoms with Gasteiger partial charge in [0, 0.05) is 17.8 Å². The van der Waals surface area contributed by atoms with Gasteiger partial charge in [0.1, 0.15) is 11.8 Å². The molecule has 0 spiro atoms. The van der Waals surface area contributed by atoms with Crippen molar-refractivity contribution in [2.45, 2.75) is 6.92 Å². The van der Waals surface area contributed by atoms with E-state index in [2.05, 4.69) is 4.98 Å². The van der Waals surface area contributed by atoms with Crippen LogP contribution in [0.3, 0.4) is 0 Å². The minimum atomic E-state index is -0.741. The normalized spacial score (nSPS) is 10.5. The number of hydrogen-bond donors (Lipinski definition) is 1. The van der Waals surface area contributed by atoms with Crippen LogP contribution in [0.15, 0.2) is 41.2 Å². The predicted octanol–water partition coefficient (Wildman–Crippen LogP) is 2.18. The molecule has 0 radical (unpaired) electrons. The molecule has 2 heterocycles. The zero-order valence-electron chi connectivity index (χ0n) is 12.4. The van der Waals surface area contributed by atoms with Gasteiger partial charge >= 0.3 is 0 Å². The number of non-ortho nitro benzene ring substituents is 1. The molecule has 3 aromatic rings. The fraction of sp³-hybridized carbons (Fsp3) is 0.0625. The average molecular weight is 322 g/mol. The Bertz CT molecular complexity index is 1080. The number of fused-ring (bicyclic) bond motifs is 1. The SMILES string of the molecule is Cc1ccc2c(O)c(C#N)c(=O)n(-c3ccc([N+](=O)[O-])cc3)c2n1. The quantitative estimate of drug-likeness (QED) is 0.570. The highest BCUT2D eigenvalue weighted by atomic mass is 16.6. The first kappa shape index (κ1) is 15.2. The van der Waals surface area contributed by atoms with Crippen molar-refractivity contribution in [2.24, 2.45) is 0 Å². The summed E-state index contributed by atoms with van der Waals surface area (Å²) in [7, 11) is 0. The van der Waals surface area contributed by atoms with Crippen LogP contribution in [0, 0.1) is 28.4 Å². The molecule has 118 valence electrons. The molecule has 1 N–H and O–H groups in total. The van der Waals surface area contributed by atoms with Gasteiger partial charge in [-0.05, 0) is 31.2 Å². The first-order valence-corrected chi connectivity index (χ1v) is 6.84. The van der Waals surface area contributed by atoms with Crippen LogP contribution in [-0.4, -0.2) is 19.6 Å². The topological polar surface area (TPSA) is 122 Å². The Morgan fingerprint density at radius 1 is 1.25 bits per heavy atom. The van der Waals surface area contributed by atoms with Crippen molar-refractivity contribution in [3.05, 3.63) is 68.1 Å². The average Bonchev–Trinajstić information content (AvgIpc) is 2.55. The van der Waals surface area contributed by atoms with Gasteiger partial charge in [-0.15, -0.1) is 0 Å². The Kier molecular flexibility index (Phi) is 3.46. The molecule has 0 aliphatic rings. The van der Waals surface area contributed by atoms with Gasteiger partial charge in [0.2, 0.25) is 0 Å². The molecule has 0 saturated heterocycles. The van der Waals surface area contributed by atoms with E-state index in [4.69, 9.17) is 5.26 Å². The first-order valence-electron chi connectivity index (χ1n) is 6.84. The van der Waals surface area contributed by atoms with E-state index in [0.29, 0.717) is 11.4 Å². The van der Waals surface area contributed by atoms with E-state index in [1.54, 1.807) is 25.1 Å². The number of rotatable bonds is 2. The van der Waals surface area contributed by atoms with E-state index >= 15 is 0 Å². The number of pyridine rings is 2. The van der Waals surface area contributed by atoms with Crippen LogP contribution in [0.1, 0.15) is 11.3 Å². The predicted molar refractivity (Wildman–Crippen MR) is 85.1 cm³/mol. The van der Waals surface area contributed by atoms with Crippen LogP contribution in [0.5, 0.6) is 5.75 Å². The number of hydrogen-bond acceptors (Lipinski definition) is 6. The second kappa shape index (κ2) is 5.48. The van der Waals surface area contributed by atoms with Gasteiger partial charge in [-0.2, -0.15) is 5.26 Å². The van der Waals surface area contributed by atoms with Crippen molar-refractivity contribution in [1.29, 1.82) is 5.26 Å². The van der Waals surface area contributed by atoms with E-state index in [9.17, 15) is 20.0 Å². The zero-order valence-corrected chi connectivity index (χ0v) is 12.4. The third-order valence-corrected chi connectivity index (χ3v) is 3.57. The van der Waals surface area contributed by atoms with Gasteiger partial charge in [-0.25, -0.2) is 4.98 Å². The van der Waals surface area contributed by atoms with Crippen LogP contribution >= 0.6 is 0 Å². The third-order valence-electron chi connectivity index (χ3n) is 3.57. The lowest BCUT2D eigenvalue weighted by atomic mass is 10.1. The number of nitrogens with zero attached hydrogens (tertiary/aromatic N) is 4. The van der Waals surface area contributed by atoms with E-state index < -0.39 is 21.8 Å². The molecule has 0 aliphatic carbocycles. The summed E-state index contributed by atoms with van der Waals surface area (Å²) in [5.41, 5.74) is -0.183. The van der Waals surface area contributed by atoms with Gasteiger partial charge in [0.15, 0.2) is 11.2 Å². The number of aromatic nitrogens is 2. The molecule has 8 heteroatoms. The Hall–Kier alpha value is -3.73. The standard InChI is InChI=1S/C16H10N4O4/c1-9-2-7-12-14(21)13(8-17)16(22)19(15(12)18-9)10-3-5-11(6-4-10)20(23)24/h2-7,21H,1H3. The Morgan fingerprint density at radius 3 is 2.50 bits per heavy atom. The molecule has 0 unspecified atom stereocenters. The molecule has 0 amide bonds. The van der Waals surface area contributed by atoms with Crippen molar-refractivity contribution in [3.8, 4) is 17.5 Å². The third kappa shape index (κ3) is 2.24. The second-order valence-corrected chi connectivity index (χ2v) is 5.07. The molecule has 24 heavy (non-hydrogen) atoms. The molecule has 0 bridgehead atoms. The number of nitro groups is 1. The maximum Gasteiger partial charge on any atom is 0.278 e. The number of benzene rings is 1. The summed E-state index contributed by atoms with van der Waals surface area (Å²) in [6, 6.07) is 10.2. The van der Waals surface area contributed by atoms with Gasteiger partial charge in [0.05, 0.1) is 16.0 Å². The van der Waals surface area contributed by atoms with Gasteiger partial charge in [-0.1, -0.05) is 0 Å².